The summed E-state index contributed by atoms with van der Waals surface area (Å²) in [5.41, 5.74) is 4.17. The minimum Gasteiger partial charge on any atom is -0.478 e. The monoisotopic (exact) mass is 299 g/mol. The van der Waals surface area contributed by atoms with Gasteiger partial charge in [0.05, 0.1) is 11.8 Å². The van der Waals surface area contributed by atoms with Crippen LogP contribution < -0.4 is 10.7 Å². The van der Waals surface area contributed by atoms with Crippen LogP contribution >= 0.6 is 12.2 Å². The molecule has 0 saturated heterocycles. The predicted molar refractivity (Wildman–Crippen MR) is 86.8 cm³/mol. The number of hydrogen-bond donors (Lipinski definition) is 3. The van der Waals surface area contributed by atoms with E-state index in [1.807, 2.05) is 30.3 Å². The molecule has 0 aliphatic heterocycles. The number of hydrogen-bond acceptors (Lipinski definition) is 3. The van der Waals surface area contributed by atoms with E-state index in [9.17, 15) is 4.79 Å². The number of benzene rings is 2. The van der Waals surface area contributed by atoms with Crippen molar-refractivity contribution in [2.45, 2.75) is 0 Å². The van der Waals surface area contributed by atoms with Crippen molar-refractivity contribution < 1.29 is 9.90 Å². The van der Waals surface area contributed by atoms with Gasteiger partial charge in [0.15, 0.2) is 5.11 Å². The molecule has 2 aromatic carbocycles. The summed E-state index contributed by atoms with van der Waals surface area (Å²) in [5, 5.41) is 16.3. The third-order valence-corrected chi connectivity index (χ3v) is 2.79. The maximum absolute atomic E-state index is 11.0. The Labute approximate surface area is 127 Å². The number of carboxylic acid groups (broad SMARTS) is 1. The molecular weight excluding hydrogens is 286 g/mol. The highest BCUT2D eigenvalue weighted by molar-refractivity contribution is 7.80. The Kier molecular flexibility index (Phi) is 5.00. The van der Waals surface area contributed by atoms with Crippen molar-refractivity contribution in [1.29, 1.82) is 0 Å². The van der Waals surface area contributed by atoms with E-state index in [0.717, 1.165) is 5.69 Å². The van der Waals surface area contributed by atoms with Gasteiger partial charge in [-0.05, 0) is 30.4 Å². The Bertz CT molecular complexity index is 672. The lowest BCUT2D eigenvalue weighted by Crippen LogP contribution is -2.23. The largest absolute Gasteiger partial charge is 0.478 e. The van der Waals surface area contributed by atoms with E-state index in [1.54, 1.807) is 18.2 Å². The quantitative estimate of drug-likeness (QED) is 0.460. The van der Waals surface area contributed by atoms with E-state index in [0.29, 0.717) is 10.7 Å². The molecule has 0 aliphatic carbocycles. The molecule has 2 aromatic rings. The molecule has 0 saturated carbocycles. The molecule has 0 bridgehead atoms. The Morgan fingerprint density at radius 2 is 1.76 bits per heavy atom. The van der Waals surface area contributed by atoms with Gasteiger partial charge in [0, 0.05) is 11.3 Å². The van der Waals surface area contributed by atoms with E-state index in [4.69, 9.17) is 17.3 Å². The molecule has 0 atom stereocenters. The Morgan fingerprint density at radius 3 is 2.48 bits per heavy atom. The van der Waals surface area contributed by atoms with Crippen molar-refractivity contribution >= 4 is 35.2 Å². The van der Waals surface area contributed by atoms with E-state index < -0.39 is 5.97 Å². The first kappa shape index (κ1) is 14.7. The molecule has 0 heterocycles. The van der Waals surface area contributed by atoms with Crippen molar-refractivity contribution in [2.24, 2.45) is 5.10 Å². The third kappa shape index (κ3) is 4.39. The molecule has 0 amide bonds. The van der Waals surface area contributed by atoms with Crippen LogP contribution in [0.4, 0.5) is 5.69 Å². The summed E-state index contributed by atoms with van der Waals surface area (Å²) < 4.78 is 0. The van der Waals surface area contributed by atoms with Crippen molar-refractivity contribution in [3.05, 3.63) is 65.7 Å². The molecule has 0 fully saturated rings. The molecular formula is C15H13N3O2S. The summed E-state index contributed by atoms with van der Waals surface area (Å²) in [6.45, 7) is 0. The molecule has 21 heavy (non-hydrogen) atoms. The van der Waals surface area contributed by atoms with Gasteiger partial charge in [-0.3, -0.25) is 5.43 Å². The number of thiocarbonyl (C=S) groups is 1. The van der Waals surface area contributed by atoms with Crippen LogP contribution in [-0.4, -0.2) is 22.4 Å². The van der Waals surface area contributed by atoms with Crippen LogP contribution in [0.2, 0.25) is 0 Å². The summed E-state index contributed by atoms with van der Waals surface area (Å²) in [7, 11) is 0. The number of carboxylic acids is 1. The molecule has 6 heteroatoms. The number of nitrogens with zero attached hydrogens (tertiary/aromatic N) is 1. The Hall–Kier alpha value is -2.73. The molecule has 0 spiro atoms. The number of nitrogens with one attached hydrogen (secondary N) is 2. The van der Waals surface area contributed by atoms with Gasteiger partial charge in [0.2, 0.25) is 0 Å². The number of carbonyl (C=O) groups is 1. The topological polar surface area (TPSA) is 73.7 Å². The van der Waals surface area contributed by atoms with Crippen molar-refractivity contribution in [3.63, 3.8) is 0 Å². The first-order valence-corrected chi connectivity index (χ1v) is 6.55. The van der Waals surface area contributed by atoms with Crippen LogP contribution in [0.1, 0.15) is 15.9 Å². The zero-order valence-corrected chi connectivity index (χ0v) is 11.8. The SMILES string of the molecule is O=C(O)c1ccccc1/C=N\NC(=S)Nc1ccccc1. The minimum atomic E-state index is -0.998. The lowest BCUT2D eigenvalue weighted by atomic mass is 10.1. The molecule has 5 nitrogen and oxygen atoms in total. The second-order valence-corrected chi connectivity index (χ2v) is 4.49. The lowest BCUT2D eigenvalue weighted by Gasteiger charge is -2.06. The van der Waals surface area contributed by atoms with Crippen LogP contribution in [0.5, 0.6) is 0 Å². The van der Waals surface area contributed by atoms with E-state index >= 15 is 0 Å². The summed E-state index contributed by atoms with van der Waals surface area (Å²) in [4.78, 5) is 11.0. The number of rotatable bonds is 4. The van der Waals surface area contributed by atoms with E-state index in [2.05, 4.69) is 15.8 Å². The standard InChI is InChI=1S/C15H13N3O2S/c19-14(20)13-9-5-4-6-11(13)10-16-18-15(21)17-12-7-2-1-3-8-12/h1-10H,(H,19,20)(H2,17,18,21)/b16-10-. The summed E-state index contributed by atoms with van der Waals surface area (Å²) in [6, 6.07) is 16.0. The number of anilines is 1. The molecule has 0 radical (unpaired) electrons. The van der Waals surface area contributed by atoms with Gasteiger partial charge in [-0.25, -0.2) is 4.79 Å². The van der Waals surface area contributed by atoms with Crippen LogP contribution in [0, 0.1) is 0 Å². The molecule has 2 rings (SSSR count). The number of aromatic carboxylic acids is 1. The normalized spacial score (nSPS) is 10.3. The summed E-state index contributed by atoms with van der Waals surface area (Å²) in [6.07, 6.45) is 1.42. The summed E-state index contributed by atoms with van der Waals surface area (Å²) >= 11 is 5.08. The van der Waals surface area contributed by atoms with Gasteiger partial charge < -0.3 is 10.4 Å². The smallest absolute Gasteiger partial charge is 0.336 e. The third-order valence-electron chi connectivity index (χ3n) is 2.59. The molecule has 106 valence electrons. The average molecular weight is 299 g/mol. The van der Waals surface area contributed by atoms with Crippen LogP contribution in [0.15, 0.2) is 59.7 Å². The highest BCUT2D eigenvalue weighted by atomic mass is 32.1. The zero-order chi connectivity index (χ0) is 15.1. The maximum Gasteiger partial charge on any atom is 0.336 e. The Morgan fingerprint density at radius 1 is 1.10 bits per heavy atom. The minimum absolute atomic E-state index is 0.185. The second-order valence-electron chi connectivity index (χ2n) is 4.08. The second kappa shape index (κ2) is 7.16. The first-order chi connectivity index (χ1) is 10.2. The molecule has 3 N–H and O–H groups in total. The van der Waals surface area contributed by atoms with Crippen molar-refractivity contribution in [1.82, 2.24) is 5.43 Å². The fourth-order valence-electron chi connectivity index (χ4n) is 1.65. The van der Waals surface area contributed by atoms with Gasteiger partial charge in [-0.1, -0.05) is 36.4 Å². The van der Waals surface area contributed by atoms with E-state index in [1.165, 1.54) is 12.3 Å². The molecule has 0 unspecified atom stereocenters. The maximum atomic E-state index is 11.0. The first-order valence-electron chi connectivity index (χ1n) is 6.14. The van der Waals surface area contributed by atoms with Gasteiger partial charge in [-0.2, -0.15) is 5.10 Å². The number of para-hydroxylation sites is 1. The highest BCUT2D eigenvalue weighted by Gasteiger charge is 2.06. The van der Waals surface area contributed by atoms with Crippen LogP contribution in [-0.2, 0) is 0 Å². The van der Waals surface area contributed by atoms with Gasteiger partial charge in [0.1, 0.15) is 0 Å². The van der Waals surface area contributed by atoms with Gasteiger partial charge in [0.25, 0.3) is 0 Å². The van der Waals surface area contributed by atoms with E-state index in [-0.39, 0.29) is 5.56 Å². The molecule has 0 aliphatic rings. The predicted octanol–water partition coefficient (Wildman–Crippen LogP) is 2.71. The average Bonchev–Trinajstić information content (AvgIpc) is 2.48. The number of hydrazone groups is 1. The molecule has 0 aromatic heterocycles. The van der Waals surface area contributed by atoms with Crippen LogP contribution in [0.3, 0.4) is 0 Å². The highest BCUT2D eigenvalue weighted by Crippen LogP contribution is 2.06. The lowest BCUT2D eigenvalue weighted by molar-refractivity contribution is 0.0697. The fraction of sp³-hybridized carbons (Fsp3) is 0. The van der Waals surface area contributed by atoms with Crippen molar-refractivity contribution in [2.75, 3.05) is 5.32 Å². The van der Waals surface area contributed by atoms with Gasteiger partial charge in [-0.15, -0.1) is 0 Å². The zero-order valence-electron chi connectivity index (χ0n) is 11.0. The van der Waals surface area contributed by atoms with Crippen molar-refractivity contribution in [3.8, 4) is 0 Å². The van der Waals surface area contributed by atoms with Gasteiger partial charge >= 0.3 is 5.97 Å². The fourth-order valence-corrected chi connectivity index (χ4v) is 1.82. The van der Waals surface area contributed by atoms with Crippen LogP contribution in [0.25, 0.3) is 0 Å². The Balaban J connectivity index is 1.97. The summed E-state index contributed by atoms with van der Waals surface area (Å²) in [5.74, 6) is -0.998.